The lowest BCUT2D eigenvalue weighted by atomic mass is 9.95. The molecular formula is C12H14O4. The highest BCUT2D eigenvalue weighted by molar-refractivity contribution is 5.89. The molecule has 1 N–H and O–H groups in total. The van der Waals surface area contributed by atoms with E-state index in [0.29, 0.717) is 5.56 Å². The molecule has 0 heterocycles. The molecule has 0 aliphatic carbocycles. The van der Waals surface area contributed by atoms with Crippen LogP contribution in [0.3, 0.4) is 0 Å². The first-order valence-electron chi connectivity index (χ1n) is 4.89. The largest absolute Gasteiger partial charge is 0.481 e. The number of ether oxygens (including phenoxy) is 1. The van der Waals surface area contributed by atoms with Crippen LogP contribution in [0, 0.1) is 5.41 Å². The molecule has 0 aromatic heterocycles. The van der Waals surface area contributed by atoms with Crippen LogP contribution in [0.1, 0.15) is 24.2 Å². The average molecular weight is 222 g/mol. The zero-order valence-electron chi connectivity index (χ0n) is 9.27. The molecule has 1 aromatic rings. The number of rotatable bonds is 4. The van der Waals surface area contributed by atoms with E-state index in [4.69, 9.17) is 9.84 Å². The van der Waals surface area contributed by atoms with Crippen molar-refractivity contribution in [2.75, 3.05) is 6.61 Å². The predicted molar refractivity (Wildman–Crippen MR) is 58.1 cm³/mol. The van der Waals surface area contributed by atoms with E-state index >= 15 is 0 Å². The summed E-state index contributed by atoms with van der Waals surface area (Å²) < 4.78 is 4.93. The first kappa shape index (κ1) is 12.2. The van der Waals surface area contributed by atoms with Gasteiger partial charge in [-0.25, -0.2) is 4.79 Å². The summed E-state index contributed by atoms with van der Waals surface area (Å²) in [7, 11) is 0. The maximum absolute atomic E-state index is 11.5. The third-order valence-electron chi connectivity index (χ3n) is 2.15. The number of carbonyl (C=O) groups excluding carboxylic acids is 1. The summed E-state index contributed by atoms with van der Waals surface area (Å²) in [5.41, 5.74) is -0.645. The zero-order valence-corrected chi connectivity index (χ0v) is 9.27. The highest BCUT2D eigenvalue weighted by Gasteiger charge is 2.29. The van der Waals surface area contributed by atoms with Gasteiger partial charge in [0.2, 0.25) is 0 Å². The number of benzene rings is 1. The van der Waals surface area contributed by atoms with Crippen molar-refractivity contribution in [1.29, 1.82) is 0 Å². The van der Waals surface area contributed by atoms with Crippen molar-refractivity contribution in [2.45, 2.75) is 13.8 Å². The minimum atomic E-state index is -1.07. The molecule has 1 aromatic carbocycles. The molecule has 0 aliphatic heterocycles. The van der Waals surface area contributed by atoms with Crippen LogP contribution in [-0.2, 0) is 9.53 Å². The number of carbonyl (C=O) groups is 2. The summed E-state index contributed by atoms with van der Waals surface area (Å²) in [6, 6.07) is 8.47. The Bertz CT molecular complexity index is 381. The van der Waals surface area contributed by atoms with Crippen molar-refractivity contribution in [3.63, 3.8) is 0 Å². The molecule has 0 spiro atoms. The fourth-order valence-corrected chi connectivity index (χ4v) is 0.965. The number of carboxylic acids is 1. The van der Waals surface area contributed by atoms with Gasteiger partial charge in [0, 0.05) is 0 Å². The molecule has 0 radical (unpaired) electrons. The van der Waals surface area contributed by atoms with Crippen LogP contribution in [0.5, 0.6) is 0 Å². The number of esters is 1. The lowest BCUT2D eigenvalue weighted by molar-refractivity contribution is -0.149. The first-order valence-corrected chi connectivity index (χ1v) is 4.89. The van der Waals surface area contributed by atoms with Gasteiger partial charge in [-0.15, -0.1) is 0 Å². The van der Waals surface area contributed by atoms with E-state index in [0.717, 1.165) is 0 Å². The molecule has 0 aliphatic rings. The Balaban J connectivity index is 2.58. The average Bonchev–Trinajstić information content (AvgIpc) is 2.27. The van der Waals surface area contributed by atoms with Gasteiger partial charge >= 0.3 is 11.9 Å². The Kier molecular flexibility index (Phi) is 3.66. The summed E-state index contributed by atoms with van der Waals surface area (Å²) in [5.74, 6) is -1.50. The maximum atomic E-state index is 11.5. The topological polar surface area (TPSA) is 63.6 Å². The summed E-state index contributed by atoms with van der Waals surface area (Å²) in [5, 5.41) is 8.83. The lowest BCUT2D eigenvalue weighted by Crippen LogP contribution is -2.30. The smallest absolute Gasteiger partial charge is 0.338 e. The zero-order chi connectivity index (χ0) is 12.2. The predicted octanol–water partition coefficient (Wildman–Crippen LogP) is 1.95. The Morgan fingerprint density at radius 2 is 1.81 bits per heavy atom. The maximum Gasteiger partial charge on any atom is 0.338 e. The monoisotopic (exact) mass is 222 g/mol. The van der Waals surface area contributed by atoms with Gasteiger partial charge in [-0.2, -0.15) is 0 Å². The van der Waals surface area contributed by atoms with E-state index in [1.54, 1.807) is 30.3 Å². The van der Waals surface area contributed by atoms with Gasteiger partial charge in [0.05, 0.1) is 11.0 Å². The molecule has 0 fully saturated rings. The Morgan fingerprint density at radius 1 is 1.25 bits per heavy atom. The van der Waals surface area contributed by atoms with Crippen LogP contribution in [0.15, 0.2) is 30.3 Å². The van der Waals surface area contributed by atoms with E-state index in [-0.39, 0.29) is 6.61 Å². The van der Waals surface area contributed by atoms with E-state index in [1.807, 2.05) is 0 Å². The van der Waals surface area contributed by atoms with Gasteiger partial charge in [0.25, 0.3) is 0 Å². The second-order valence-corrected chi connectivity index (χ2v) is 4.13. The number of aliphatic carboxylic acids is 1. The molecule has 1 rings (SSSR count). The van der Waals surface area contributed by atoms with Crippen LogP contribution in [0.25, 0.3) is 0 Å². The molecule has 0 saturated heterocycles. The molecule has 16 heavy (non-hydrogen) atoms. The van der Waals surface area contributed by atoms with Gasteiger partial charge in [-0.1, -0.05) is 18.2 Å². The van der Waals surface area contributed by atoms with Crippen LogP contribution >= 0.6 is 0 Å². The van der Waals surface area contributed by atoms with Crippen molar-refractivity contribution < 1.29 is 19.4 Å². The van der Waals surface area contributed by atoms with Gasteiger partial charge in [0.1, 0.15) is 6.61 Å². The van der Waals surface area contributed by atoms with Gasteiger partial charge in [-0.3, -0.25) is 4.79 Å². The first-order chi connectivity index (χ1) is 7.43. The van der Waals surface area contributed by atoms with E-state index in [1.165, 1.54) is 13.8 Å². The third kappa shape index (κ3) is 3.08. The summed E-state index contributed by atoms with van der Waals surface area (Å²) in [6.45, 7) is 2.87. The van der Waals surface area contributed by atoms with Crippen molar-refractivity contribution in [1.82, 2.24) is 0 Å². The van der Waals surface area contributed by atoms with Crippen LogP contribution in [0.4, 0.5) is 0 Å². The minimum absolute atomic E-state index is 0.143. The quantitative estimate of drug-likeness (QED) is 0.791. The van der Waals surface area contributed by atoms with Crippen LogP contribution in [-0.4, -0.2) is 23.7 Å². The fraction of sp³-hybridized carbons (Fsp3) is 0.333. The SMILES string of the molecule is CC(C)(COC(=O)c1ccccc1)C(=O)O. The molecular weight excluding hydrogens is 208 g/mol. The molecule has 0 unspecified atom stereocenters. The molecule has 4 nitrogen and oxygen atoms in total. The van der Waals surface area contributed by atoms with Crippen molar-refractivity contribution in [3.05, 3.63) is 35.9 Å². The van der Waals surface area contributed by atoms with Crippen molar-refractivity contribution in [2.24, 2.45) is 5.41 Å². The summed E-state index contributed by atoms with van der Waals surface area (Å²) >= 11 is 0. The Morgan fingerprint density at radius 3 is 2.31 bits per heavy atom. The van der Waals surface area contributed by atoms with Gasteiger partial charge < -0.3 is 9.84 Å². The number of hydrogen-bond donors (Lipinski definition) is 1. The molecule has 0 atom stereocenters. The minimum Gasteiger partial charge on any atom is -0.481 e. The lowest BCUT2D eigenvalue weighted by Gasteiger charge is -2.18. The third-order valence-corrected chi connectivity index (χ3v) is 2.15. The summed E-state index contributed by atoms with van der Waals surface area (Å²) in [6.07, 6.45) is 0. The van der Waals surface area contributed by atoms with Crippen molar-refractivity contribution >= 4 is 11.9 Å². The Hall–Kier alpha value is -1.84. The molecule has 4 heteroatoms. The van der Waals surface area contributed by atoms with E-state index in [2.05, 4.69) is 0 Å². The van der Waals surface area contributed by atoms with Gasteiger partial charge in [0.15, 0.2) is 0 Å². The fourth-order valence-electron chi connectivity index (χ4n) is 0.965. The second kappa shape index (κ2) is 4.79. The second-order valence-electron chi connectivity index (χ2n) is 4.13. The molecule has 0 saturated carbocycles. The van der Waals surface area contributed by atoms with E-state index in [9.17, 15) is 9.59 Å². The summed E-state index contributed by atoms with van der Waals surface area (Å²) in [4.78, 5) is 22.3. The number of hydrogen-bond acceptors (Lipinski definition) is 3. The standard InChI is InChI=1S/C12H14O4/c1-12(2,11(14)15)8-16-10(13)9-6-4-3-5-7-9/h3-7H,8H2,1-2H3,(H,14,15). The number of carboxylic acid groups (broad SMARTS) is 1. The van der Waals surface area contributed by atoms with Crippen LogP contribution < -0.4 is 0 Å². The van der Waals surface area contributed by atoms with E-state index < -0.39 is 17.4 Å². The Labute approximate surface area is 93.9 Å². The molecule has 0 amide bonds. The molecule has 0 bridgehead atoms. The highest BCUT2D eigenvalue weighted by atomic mass is 16.5. The molecule has 86 valence electrons. The van der Waals surface area contributed by atoms with Crippen LogP contribution in [0.2, 0.25) is 0 Å². The normalized spacial score (nSPS) is 10.9. The van der Waals surface area contributed by atoms with Crippen molar-refractivity contribution in [3.8, 4) is 0 Å². The highest BCUT2D eigenvalue weighted by Crippen LogP contribution is 2.16. The van der Waals surface area contributed by atoms with Gasteiger partial charge in [-0.05, 0) is 26.0 Å².